The summed E-state index contributed by atoms with van der Waals surface area (Å²) >= 11 is 0. The van der Waals surface area contributed by atoms with Gasteiger partial charge in [-0.05, 0) is 62.8 Å². The molecule has 0 atom stereocenters. The van der Waals surface area contributed by atoms with Gasteiger partial charge in [0.25, 0.3) is 0 Å². The normalized spacial score (nSPS) is 15.5. The number of carbonyl (C=O) groups excluding carboxylic acids is 1. The summed E-state index contributed by atoms with van der Waals surface area (Å²) in [7, 11) is 0. The van der Waals surface area contributed by atoms with Crippen molar-refractivity contribution in [1.29, 1.82) is 0 Å². The maximum absolute atomic E-state index is 12.7. The number of Topliss-reactive ketones (excluding diaryl/α,β-unsaturated/α-hetero) is 1. The van der Waals surface area contributed by atoms with E-state index in [0.717, 1.165) is 11.1 Å². The quantitative estimate of drug-likeness (QED) is 0.582. The van der Waals surface area contributed by atoms with E-state index in [4.69, 9.17) is 18.9 Å². The van der Waals surface area contributed by atoms with Crippen LogP contribution < -0.4 is 18.9 Å². The first kappa shape index (κ1) is 17.2. The van der Waals surface area contributed by atoms with Crippen molar-refractivity contribution in [1.82, 2.24) is 0 Å². The van der Waals surface area contributed by atoms with E-state index in [9.17, 15) is 4.79 Å². The monoisotopic (exact) mass is 364 g/mol. The van der Waals surface area contributed by atoms with E-state index in [2.05, 4.69) is 0 Å². The van der Waals surface area contributed by atoms with Crippen molar-refractivity contribution in [2.24, 2.45) is 0 Å². The lowest BCUT2D eigenvalue weighted by atomic mass is 10.1. The topological polar surface area (TPSA) is 54.0 Å². The molecule has 0 amide bonds. The van der Waals surface area contributed by atoms with Crippen molar-refractivity contribution in [3.8, 4) is 23.0 Å². The van der Waals surface area contributed by atoms with Crippen LogP contribution in [0.5, 0.6) is 23.0 Å². The maximum atomic E-state index is 12.7. The molecular weight excluding hydrogens is 344 g/mol. The average Bonchev–Trinajstić information content (AvgIpc) is 3.22. The lowest BCUT2D eigenvalue weighted by Crippen LogP contribution is -1.98. The number of rotatable bonds is 4. The Hall–Kier alpha value is -3.21. The van der Waals surface area contributed by atoms with Gasteiger partial charge in [-0.3, -0.25) is 4.79 Å². The van der Waals surface area contributed by atoms with E-state index in [0.29, 0.717) is 35.2 Å². The molecule has 0 aliphatic carbocycles. The molecule has 0 aromatic heterocycles. The number of hydrogen-bond donors (Lipinski definition) is 0. The summed E-state index contributed by atoms with van der Waals surface area (Å²) in [6, 6.07) is 9.08. The minimum Gasteiger partial charge on any atom is -0.489 e. The van der Waals surface area contributed by atoms with Gasteiger partial charge in [0.2, 0.25) is 12.6 Å². The van der Waals surface area contributed by atoms with Crippen molar-refractivity contribution < 1.29 is 23.7 Å². The van der Waals surface area contributed by atoms with E-state index in [1.807, 2.05) is 51.1 Å². The van der Waals surface area contributed by atoms with Gasteiger partial charge in [-0.2, -0.15) is 0 Å². The number of fused-ring (bicyclic) bond motifs is 2. The van der Waals surface area contributed by atoms with E-state index in [1.165, 1.54) is 5.57 Å². The zero-order valence-corrected chi connectivity index (χ0v) is 15.5. The van der Waals surface area contributed by atoms with Gasteiger partial charge >= 0.3 is 0 Å². The zero-order chi connectivity index (χ0) is 19.0. The van der Waals surface area contributed by atoms with Crippen LogP contribution >= 0.6 is 0 Å². The molecule has 5 nitrogen and oxygen atoms in total. The molecule has 4 rings (SSSR count). The third kappa shape index (κ3) is 3.28. The van der Waals surface area contributed by atoms with Crippen molar-refractivity contribution >= 4 is 11.9 Å². The van der Waals surface area contributed by atoms with E-state index in [-0.39, 0.29) is 18.3 Å². The smallest absolute Gasteiger partial charge is 0.231 e. The molecule has 0 spiro atoms. The van der Waals surface area contributed by atoms with Crippen LogP contribution in [0, 0.1) is 6.92 Å². The lowest BCUT2D eigenvalue weighted by Gasteiger charge is -2.10. The predicted octanol–water partition coefficient (Wildman–Crippen LogP) is 4.68. The van der Waals surface area contributed by atoms with Crippen LogP contribution in [0.2, 0.25) is 0 Å². The van der Waals surface area contributed by atoms with Crippen molar-refractivity contribution in [3.05, 3.63) is 64.4 Å². The molecule has 2 heterocycles. The first-order chi connectivity index (χ1) is 13.0. The summed E-state index contributed by atoms with van der Waals surface area (Å²) in [5, 5.41) is 0. The Balaban J connectivity index is 1.60. The van der Waals surface area contributed by atoms with Crippen molar-refractivity contribution in [2.45, 2.75) is 20.8 Å². The van der Waals surface area contributed by atoms with Crippen LogP contribution in [0.15, 0.2) is 47.7 Å². The molecule has 0 fully saturated rings. The minimum absolute atomic E-state index is 0.137. The second-order valence-corrected chi connectivity index (χ2v) is 6.71. The van der Waals surface area contributed by atoms with E-state index >= 15 is 0 Å². The molecule has 27 heavy (non-hydrogen) atoms. The van der Waals surface area contributed by atoms with Gasteiger partial charge in [-0.1, -0.05) is 11.6 Å². The Bertz CT molecular complexity index is 980. The van der Waals surface area contributed by atoms with Gasteiger partial charge in [-0.25, -0.2) is 0 Å². The van der Waals surface area contributed by atoms with Crippen molar-refractivity contribution in [3.63, 3.8) is 0 Å². The fourth-order valence-electron chi connectivity index (χ4n) is 2.98. The fourth-order valence-corrected chi connectivity index (χ4v) is 2.98. The largest absolute Gasteiger partial charge is 0.489 e. The number of benzene rings is 2. The highest BCUT2D eigenvalue weighted by Gasteiger charge is 2.30. The molecule has 2 aromatic rings. The predicted molar refractivity (Wildman–Crippen MR) is 102 cm³/mol. The number of ketones is 1. The summed E-state index contributed by atoms with van der Waals surface area (Å²) < 4.78 is 22.4. The molecule has 0 saturated heterocycles. The molecule has 2 aromatic carbocycles. The Labute approximate surface area is 157 Å². The standard InChI is InChI=1S/C22H20O5/c1-13(2)8-9-24-17-7-5-16-21(23)20(27-22(16)14(17)3)11-15-4-6-18-19(10-15)26-12-25-18/h4-8,10-11H,9,12H2,1-3H3/b20-11-. The summed E-state index contributed by atoms with van der Waals surface area (Å²) in [5.41, 5.74) is 3.37. The fraction of sp³-hybridized carbons (Fsp3) is 0.227. The summed E-state index contributed by atoms with van der Waals surface area (Å²) in [6.45, 7) is 6.63. The van der Waals surface area contributed by atoms with Gasteiger partial charge in [0.1, 0.15) is 18.1 Å². The second-order valence-electron chi connectivity index (χ2n) is 6.71. The molecule has 0 unspecified atom stereocenters. The summed E-state index contributed by atoms with van der Waals surface area (Å²) in [4.78, 5) is 12.7. The molecule has 0 radical (unpaired) electrons. The van der Waals surface area contributed by atoms with Crippen LogP contribution in [0.1, 0.15) is 35.3 Å². The summed E-state index contributed by atoms with van der Waals surface area (Å²) in [6.07, 6.45) is 3.72. The number of ether oxygens (including phenoxy) is 4. The number of hydrogen-bond acceptors (Lipinski definition) is 5. The third-order valence-corrected chi connectivity index (χ3v) is 4.46. The van der Waals surface area contributed by atoms with Crippen LogP contribution in [-0.4, -0.2) is 19.2 Å². The second kappa shape index (κ2) is 6.83. The first-order valence-electron chi connectivity index (χ1n) is 8.76. The SMILES string of the molecule is CC(C)=CCOc1ccc2c(c1C)O/C(=C\c1ccc3c(c1)OCO3)C2=O. The molecular formula is C22H20O5. The maximum Gasteiger partial charge on any atom is 0.231 e. The molecule has 0 saturated carbocycles. The Morgan fingerprint density at radius 1 is 1.15 bits per heavy atom. The number of carbonyl (C=O) groups is 1. The lowest BCUT2D eigenvalue weighted by molar-refractivity contribution is 0.101. The zero-order valence-electron chi connectivity index (χ0n) is 15.5. The molecule has 0 bridgehead atoms. The summed E-state index contributed by atoms with van der Waals surface area (Å²) in [5.74, 6) is 2.78. The Morgan fingerprint density at radius 2 is 1.96 bits per heavy atom. The number of allylic oxidation sites excluding steroid dienone is 2. The molecule has 0 N–H and O–H groups in total. The minimum atomic E-state index is -0.137. The van der Waals surface area contributed by atoms with Crippen LogP contribution in [0.3, 0.4) is 0 Å². The van der Waals surface area contributed by atoms with E-state index < -0.39 is 0 Å². The molecule has 138 valence electrons. The van der Waals surface area contributed by atoms with Gasteiger partial charge < -0.3 is 18.9 Å². The molecule has 2 aliphatic heterocycles. The average molecular weight is 364 g/mol. The Kier molecular flexibility index (Phi) is 4.36. The van der Waals surface area contributed by atoms with Gasteiger partial charge in [0.05, 0.1) is 5.56 Å². The molecule has 2 aliphatic rings. The highest BCUT2D eigenvalue weighted by atomic mass is 16.7. The van der Waals surface area contributed by atoms with Crippen molar-refractivity contribution in [2.75, 3.05) is 13.4 Å². The van der Waals surface area contributed by atoms with Gasteiger partial charge in [0.15, 0.2) is 17.3 Å². The first-order valence-corrected chi connectivity index (χ1v) is 8.76. The van der Waals surface area contributed by atoms with E-state index in [1.54, 1.807) is 12.1 Å². The highest BCUT2D eigenvalue weighted by Crippen LogP contribution is 2.40. The van der Waals surface area contributed by atoms with Crippen LogP contribution in [0.25, 0.3) is 6.08 Å². The third-order valence-electron chi connectivity index (χ3n) is 4.46. The van der Waals surface area contributed by atoms with Gasteiger partial charge in [-0.15, -0.1) is 0 Å². The Morgan fingerprint density at radius 3 is 2.78 bits per heavy atom. The molecule has 5 heteroatoms. The van der Waals surface area contributed by atoms with Crippen LogP contribution in [0.4, 0.5) is 0 Å². The van der Waals surface area contributed by atoms with Gasteiger partial charge in [0, 0.05) is 5.56 Å². The van der Waals surface area contributed by atoms with Crippen LogP contribution in [-0.2, 0) is 0 Å². The highest BCUT2D eigenvalue weighted by molar-refractivity contribution is 6.15.